The van der Waals surface area contributed by atoms with E-state index >= 15 is 0 Å². The molecule has 152 valence electrons. The van der Waals surface area contributed by atoms with Crippen molar-refractivity contribution >= 4 is 12.3 Å². The summed E-state index contributed by atoms with van der Waals surface area (Å²) >= 11 is 0. The van der Waals surface area contributed by atoms with Gasteiger partial charge in [0.2, 0.25) is 0 Å². The molecule has 0 bridgehead atoms. The molecule has 0 saturated carbocycles. The van der Waals surface area contributed by atoms with Crippen LogP contribution in [-0.4, -0.2) is 64.2 Å². The van der Waals surface area contributed by atoms with Crippen molar-refractivity contribution < 1.29 is 38.0 Å². The Morgan fingerprint density at radius 1 is 0.640 bits per heavy atom. The standard InChI is InChI=1S/2C8H16O4.CH4/c2*1-8(2,3)12-6-5-11-7(9)10-4;/h2*5-6H2,1-4H3;1H4. The van der Waals surface area contributed by atoms with Crippen molar-refractivity contribution in [3.8, 4) is 0 Å². The van der Waals surface area contributed by atoms with Crippen molar-refractivity contribution in [3.05, 3.63) is 0 Å². The van der Waals surface area contributed by atoms with Crippen LogP contribution in [0.25, 0.3) is 0 Å². The molecule has 0 aliphatic carbocycles. The van der Waals surface area contributed by atoms with E-state index in [4.69, 9.17) is 9.47 Å². The summed E-state index contributed by atoms with van der Waals surface area (Å²) in [5.41, 5.74) is -0.390. The van der Waals surface area contributed by atoms with Crippen LogP contribution >= 0.6 is 0 Å². The van der Waals surface area contributed by atoms with Gasteiger partial charge in [-0.3, -0.25) is 0 Å². The van der Waals surface area contributed by atoms with Gasteiger partial charge in [-0.15, -0.1) is 0 Å². The van der Waals surface area contributed by atoms with Gasteiger partial charge in [-0.05, 0) is 41.5 Å². The van der Waals surface area contributed by atoms with Gasteiger partial charge in [0, 0.05) is 0 Å². The van der Waals surface area contributed by atoms with E-state index in [1.54, 1.807) is 0 Å². The lowest BCUT2D eigenvalue weighted by Gasteiger charge is -2.18. The Bertz CT molecular complexity index is 308. The lowest BCUT2D eigenvalue weighted by atomic mass is 10.2. The molecule has 0 heterocycles. The highest BCUT2D eigenvalue weighted by molar-refractivity contribution is 5.59. The quantitative estimate of drug-likeness (QED) is 0.516. The number of hydrogen-bond donors (Lipinski definition) is 0. The number of ether oxygens (including phenoxy) is 6. The zero-order valence-electron chi connectivity index (χ0n) is 16.1. The zero-order valence-corrected chi connectivity index (χ0v) is 16.1. The van der Waals surface area contributed by atoms with Gasteiger partial charge >= 0.3 is 12.3 Å². The first-order chi connectivity index (χ1) is 10.9. The van der Waals surface area contributed by atoms with E-state index in [9.17, 15) is 9.59 Å². The van der Waals surface area contributed by atoms with Gasteiger partial charge in [-0.2, -0.15) is 0 Å². The van der Waals surface area contributed by atoms with Gasteiger partial charge in [0.05, 0.1) is 38.6 Å². The van der Waals surface area contributed by atoms with Crippen LogP contribution in [0, 0.1) is 0 Å². The molecule has 0 amide bonds. The number of carbonyl (C=O) groups is 2. The minimum absolute atomic E-state index is 0. The summed E-state index contributed by atoms with van der Waals surface area (Å²) in [6.07, 6.45) is -1.35. The fourth-order valence-electron chi connectivity index (χ4n) is 1.06. The number of methoxy groups -OCH3 is 2. The SMILES string of the molecule is C.COC(=O)OCCOC(C)(C)C.COC(=O)OCCOC(C)(C)C. The first-order valence-corrected chi connectivity index (χ1v) is 7.60. The molecule has 0 aliphatic heterocycles. The Morgan fingerprint density at radius 3 is 1.12 bits per heavy atom. The highest BCUT2D eigenvalue weighted by atomic mass is 16.7. The molecule has 0 saturated heterocycles. The monoisotopic (exact) mass is 368 g/mol. The molecule has 0 unspecified atom stereocenters. The highest BCUT2D eigenvalue weighted by Gasteiger charge is 2.10. The van der Waals surface area contributed by atoms with Crippen LogP contribution in [0.15, 0.2) is 0 Å². The topological polar surface area (TPSA) is 89.5 Å². The van der Waals surface area contributed by atoms with E-state index in [0.29, 0.717) is 13.2 Å². The maximum absolute atomic E-state index is 10.4. The second kappa shape index (κ2) is 14.8. The van der Waals surface area contributed by atoms with E-state index < -0.39 is 12.3 Å². The smallest absolute Gasteiger partial charge is 0.438 e. The highest BCUT2D eigenvalue weighted by Crippen LogP contribution is 2.06. The van der Waals surface area contributed by atoms with Gasteiger partial charge < -0.3 is 28.4 Å². The summed E-state index contributed by atoms with van der Waals surface area (Å²) < 4.78 is 28.3. The lowest BCUT2D eigenvalue weighted by molar-refractivity contribution is -0.0308. The van der Waals surface area contributed by atoms with Crippen LogP contribution < -0.4 is 0 Å². The van der Waals surface area contributed by atoms with Crippen LogP contribution in [-0.2, 0) is 28.4 Å². The predicted molar refractivity (Wildman–Crippen MR) is 94.9 cm³/mol. The summed E-state index contributed by atoms with van der Waals surface area (Å²) in [7, 11) is 2.54. The Hall–Kier alpha value is -1.54. The maximum atomic E-state index is 10.4. The number of hydrogen-bond acceptors (Lipinski definition) is 8. The molecule has 0 atom stereocenters. The summed E-state index contributed by atoms with van der Waals surface area (Å²) in [5, 5.41) is 0. The third kappa shape index (κ3) is 27.6. The fraction of sp³-hybridized carbons (Fsp3) is 0.882. The summed E-state index contributed by atoms with van der Waals surface area (Å²) in [4.78, 5) is 20.9. The molecule has 0 spiro atoms. The first-order valence-electron chi connectivity index (χ1n) is 7.60. The molecule has 0 N–H and O–H groups in total. The van der Waals surface area contributed by atoms with E-state index in [1.807, 2.05) is 41.5 Å². The Labute approximate surface area is 152 Å². The molecule has 0 aromatic rings. The van der Waals surface area contributed by atoms with Crippen molar-refractivity contribution in [3.63, 3.8) is 0 Å². The first kappa shape index (κ1) is 28.3. The maximum Gasteiger partial charge on any atom is 0.508 e. The summed E-state index contributed by atoms with van der Waals surface area (Å²) in [6.45, 7) is 12.8. The van der Waals surface area contributed by atoms with E-state index in [2.05, 4.69) is 18.9 Å². The largest absolute Gasteiger partial charge is 0.508 e. The third-order valence-corrected chi connectivity index (χ3v) is 2.01. The van der Waals surface area contributed by atoms with E-state index in [0.717, 1.165) is 0 Å². The predicted octanol–water partition coefficient (Wildman–Crippen LogP) is 3.81. The minimum Gasteiger partial charge on any atom is -0.438 e. The van der Waals surface area contributed by atoms with Gasteiger partial charge in [0.15, 0.2) is 0 Å². The van der Waals surface area contributed by atoms with Crippen LogP contribution in [0.1, 0.15) is 49.0 Å². The van der Waals surface area contributed by atoms with Crippen LogP contribution in [0.5, 0.6) is 0 Å². The Kier molecular flexibility index (Phi) is 16.7. The molecule has 0 aromatic heterocycles. The molecule has 0 aliphatic rings. The molecule has 8 heteroatoms. The average molecular weight is 368 g/mol. The summed E-state index contributed by atoms with van der Waals surface area (Å²) in [5.74, 6) is 0. The molecule has 8 nitrogen and oxygen atoms in total. The molecule has 0 radical (unpaired) electrons. The number of rotatable bonds is 6. The van der Waals surface area contributed by atoms with Crippen LogP contribution in [0.4, 0.5) is 9.59 Å². The van der Waals surface area contributed by atoms with Crippen LogP contribution in [0.3, 0.4) is 0 Å². The lowest BCUT2D eigenvalue weighted by Crippen LogP contribution is -2.22. The molecule has 0 rings (SSSR count). The molecular formula is C17H36O8. The third-order valence-electron chi connectivity index (χ3n) is 2.01. The van der Waals surface area contributed by atoms with E-state index in [1.165, 1.54) is 14.2 Å². The minimum atomic E-state index is -0.674. The summed E-state index contributed by atoms with van der Waals surface area (Å²) in [6, 6.07) is 0. The normalized spacial score (nSPS) is 10.6. The fourth-order valence-corrected chi connectivity index (χ4v) is 1.06. The molecule has 0 fully saturated rings. The van der Waals surface area contributed by atoms with E-state index in [-0.39, 0.29) is 31.8 Å². The van der Waals surface area contributed by atoms with Crippen molar-refractivity contribution in [2.24, 2.45) is 0 Å². The second-order valence-electron chi connectivity index (χ2n) is 6.53. The Balaban J connectivity index is -0.000000372. The molecule has 25 heavy (non-hydrogen) atoms. The average Bonchev–Trinajstić information content (AvgIpc) is 2.46. The van der Waals surface area contributed by atoms with Gasteiger partial charge in [0.25, 0.3) is 0 Å². The number of carbonyl (C=O) groups excluding carboxylic acids is 2. The van der Waals surface area contributed by atoms with Crippen molar-refractivity contribution in [2.75, 3.05) is 40.6 Å². The zero-order chi connectivity index (χ0) is 19.2. The molecular weight excluding hydrogens is 332 g/mol. The molecule has 0 aromatic carbocycles. The van der Waals surface area contributed by atoms with Gasteiger partial charge in [-0.25, -0.2) is 9.59 Å². The van der Waals surface area contributed by atoms with Gasteiger partial charge in [0.1, 0.15) is 13.2 Å². The van der Waals surface area contributed by atoms with Crippen molar-refractivity contribution in [1.82, 2.24) is 0 Å². The second-order valence-corrected chi connectivity index (χ2v) is 6.53. The van der Waals surface area contributed by atoms with Crippen molar-refractivity contribution in [2.45, 2.75) is 60.2 Å². The van der Waals surface area contributed by atoms with Crippen LogP contribution in [0.2, 0.25) is 0 Å². The Morgan fingerprint density at radius 2 is 0.920 bits per heavy atom. The van der Waals surface area contributed by atoms with Gasteiger partial charge in [-0.1, -0.05) is 7.43 Å². The van der Waals surface area contributed by atoms with Crippen molar-refractivity contribution in [1.29, 1.82) is 0 Å².